The van der Waals surface area contributed by atoms with Gasteiger partial charge in [-0.25, -0.2) is 4.79 Å². The second-order valence-corrected chi connectivity index (χ2v) is 12.7. The van der Waals surface area contributed by atoms with Crippen molar-refractivity contribution in [1.29, 1.82) is 0 Å². The fraction of sp³-hybridized carbons (Fsp3) is 0.343. The van der Waals surface area contributed by atoms with Crippen LogP contribution in [0.3, 0.4) is 0 Å². The van der Waals surface area contributed by atoms with Gasteiger partial charge in [0.05, 0.1) is 0 Å². The van der Waals surface area contributed by atoms with Gasteiger partial charge >= 0.3 is 12.1 Å². The summed E-state index contributed by atoms with van der Waals surface area (Å²) in [4.78, 5) is 64.0. The van der Waals surface area contributed by atoms with Gasteiger partial charge in [-0.05, 0) is 68.3 Å². The molecule has 0 saturated heterocycles. The first-order valence-electron chi connectivity index (χ1n) is 14.8. The number of aromatic hydroxyl groups is 1. The van der Waals surface area contributed by atoms with E-state index in [4.69, 9.17) is 9.47 Å². The molecule has 0 aromatic heterocycles. The molecular formula is C35H41N3O8. The van der Waals surface area contributed by atoms with Gasteiger partial charge in [0.2, 0.25) is 5.91 Å². The van der Waals surface area contributed by atoms with E-state index >= 15 is 0 Å². The van der Waals surface area contributed by atoms with Crippen LogP contribution in [0.15, 0.2) is 72.8 Å². The maximum atomic E-state index is 13.5. The molecule has 11 heteroatoms. The van der Waals surface area contributed by atoms with Crippen molar-refractivity contribution in [1.82, 2.24) is 10.6 Å². The lowest BCUT2D eigenvalue weighted by molar-refractivity contribution is -0.143. The molecule has 1 atom stereocenters. The largest absolute Gasteiger partial charge is 0.508 e. The van der Waals surface area contributed by atoms with Crippen LogP contribution in [0.5, 0.6) is 5.75 Å². The highest BCUT2D eigenvalue weighted by Gasteiger charge is 2.30. The number of nitrogens with one attached hydrogen (secondary N) is 3. The first-order chi connectivity index (χ1) is 21.5. The Hall–Kier alpha value is -5.19. The maximum absolute atomic E-state index is 13.5. The van der Waals surface area contributed by atoms with E-state index in [1.165, 1.54) is 42.5 Å². The number of phenols is 1. The van der Waals surface area contributed by atoms with Crippen molar-refractivity contribution < 1.29 is 38.6 Å². The number of ketones is 1. The number of hydrogen-bond acceptors (Lipinski definition) is 8. The molecule has 3 rings (SSSR count). The molecule has 0 bridgehead atoms. The second-order valence-electron chi connectivity index (χ2n) is 12.7. The van der Waals surface area contributed by atoms with Crippen LogP contribution in [0.1, 0.15) is 73.4 Å². The van der Waals surface area contributed by atoms with Gasteiger partial charge in [0.1, 0.15) is 30.5 Å². The molecule has 0 aliphatic carbocycles. The average Bonchev–Trinajstić information content (AvgIpc) is 2.98. The van der Waals surface area contributed by atoms with E-state index in [1.54, 1.807) is 41.5 Å². The Bertz CT molecular complexity index is 1560. The van der Waals surface area contributed by atoms with Crippen molar-refractivity contribution in [3.8, 4) is 5.75 Å². The molecule has 0 heterocycles. The van der Waals surface area contributed by atoms with Crippen LogP contribution in [0.2, 0.25) is 0 Å². The Morgan fingerprint density at radius 2 is 1.50 bits per heavy atom. The molecule has 3 aromatic rings. The van der Waals surface area contributed by atoms with E-state index < -0.39 is 40.9 Å². The zero-order valence-electron chi connectivity index (χ0n) is 26.9. The third kappa shape index (κ3) is 11.1. The lowest BCUT2D eigenvalue weighted by atomic mass is 9.83. The third-order valence-electron chi connectivity index (χ3n) is 6.50. The van der Waals surface area contributed by atoms with Crippen LogP contribution in [-0.4, -0.2) is 53.0 Å². The first-order valence-corrected chi connectivity index (χ1v) is 14.8. The number of rotatable bonds is 11. The Balaban J connectivity index is 1.70. The molecule has 0 aliphatic rings. The highest BCUT2D eigenvalue weighted by molar-refractivity contribution is 6.02. The summed E-state index contributed by atoms with van der Waals surface area (Å²) in [5, 5.41) is 17.9. The number of Topliss-reactive ketones (excluding diaryl/α,β-unsaturated/α-hetero) is 1. The lowest BCUT2D eigenvalue weighted by Gasteiger charge is -2.25. The number of amides is 3. The summed E-state index contributed by atoms with van der Waals surface area (Å²) in [5.41, 5.74) is 0.480. The predicted octanol–water partition coefficient (Wildman–Crippen LogP) is 5.17. The molecule has 244 valence electrons. The summed E-state index contributed by atoms with van der Waals surface area (Å²) in [6, 6.07) is 18.2. The van der Waals surface area contributed by atoms with Crippen molar-refractivity contribution in [2.45, 2.75) is 66.2 Å². The topological polar surface area (TPSA) is 160 Å². The fourth-order valence-corrected chi connectivity index (χ4v) is 4.21. The van der Waals surface area contributed by atoms with Crippen LogP contribution in [0.25, 0.3) is 0 Å². The molecule has 0 saturated carbocycles. The molecule has 0 unspecified atom stereocenters. The minimum atomic E-state index is -1.17. The number of benzene rings is 3. The summed E-state index contributed by atoms with van der Waals surface area (Å²) in [6.07, 6.45) is -0.909. The highest BCUT2D eigenvalue weighted by Crippen LogP contribution is 2.27. The SMILES string of the molecule is CC(C)(C)OC(=O)N[C@@H](Cc1ccc(O)cc1C(=O)C(C)(C)C)C(=O)Nc1ccc(C(=O)NCC(=O)OCc2ccccc2)cc1. The maximum Gasteiger partial charge on any atom is 0.408 e. The number of esters is 1. The number of alkyl carbamates (subject to hydrolysis) is 1. The van der Waals surface area contributed by atoms with Crippen molar-refractivity contribution in [3.05, 3.63) is 95.1 Å². The number of carbonyl (C=O) groups is 5. The molecular weight excluding hydrogens is 590 g/mol. The second kappa shape index (κ2) is 15.2. The summed E-state index contributed by atoms with van der Waals surface area (Å²) in [7, 11) is 0. The van der Waals surface area contributed by atoms with Crippen LogP contribution in [0, 0.1) is 5.41 Å². The van der Waals surface area contributed by atoms with Crippen molar-refractivity contribution in [3.63, 3.8) is 0 Å². The minimum absolute atomic E-state index is 0.0800. The van der Waals surface area contributed by atoms with Gasteiger partial charge in [0.25, 0.3) is 5.91 Å². The Kier molecular flexibility index (Phi) is 11.7. The number of phenolic OH excluding ortho intramolecular Hbond substituents is 1. The van der Waals surface area contributed by atoms with Gasteiger partial charge in [-0.2, -0.15) is 0 Å². The van der Waals surface area contributed by atoms with Crippen LogP contribution >= 0.6 is 0 Å². The van der Waals surface area contributed by atoms with Gasteiger partial charge in [0.15, 0.2) is 5.78 Å². The van der Waals surface area contributed by atoms with Crippen LogP contribution < -0.4 is 16.0 Å². The normalized spacial score (nSPS) is 12.0. The fourth-order valence-electron chi connectivity index (χ4n) is 4.21. The average molecular weight is 632 g/mol. The Morgan fingerprint density at radius 1 is 0.848 bits per heavy atom. The van der Waals surface area contributed by atoms with Gasteiger partial charge in [-0.1, -0.05) is 57.2 Å². The van der Waals surface area contributed by atoms with Gasteiger partial charge in [-0.15, -0.1) is 0 Å². The molecule has 0 spiro atoms. The highest BCUT2D eigenvalue weighted by atomic mass is 16.6. The van der Waals surface area contributed by atoms with E-state index in [2.05, 4.69) is 16.0 Å². The first kappa shape index (κ1) is 35.3. The summed E-state index contributed by atoms with van der Waals surface area (Å²) >= 11 is 0. The smallest absolute Gasteiger partial charge is 0.408 e. The quantitative estimate of drug-likeness (QED) is 0.167. The summed E-state index contributed by atoms with van der Waals surface area (Å²) < 4.78 is 10.5. The molecule has 4 N–H and O–H groups in total. The predicted molar refractivity (Wildman–Crippen MR) is 172 cm³/mol. The molecule has 0 radical (unpaired) electrons. The van der Waals surface area contributed by atoms with E-state index in [1.807, 2.05) is 30.3 Å². The third-order valence-corrected chi connectivity index (χ3v) is 6.50. The molecule has 3 amide bonds. The zero-order chi connectivity index (χ0) is 34.1. The number of ether oxygens (including phenoxy) is 2. The standard InChI is InChI=1S/C35H41N3O8/c1-34(2,3)30(41)27-19-26(39)17-14-24(27)18-28(38-33(44)46-35(4,5)6)32(43)37-25-15-12-23(13-16-25)31(42)36-20-29(40)45-21-22-10-8-7-9-11-22/h7-17,19,28,39H,18,20-21H2,1-6H3,(H,36,42)(H,37,43)(H,38,44)/t28-/m0/s1. The molecule has 3 aromatic carbocycles. The number of hydrogen-bond donors (Lipinski definition) is 4. The van der Waals surface area contributed by atoms with Gasteiger partial charge in [-0.3, -0.25) is 19.2 Å². The molecule has 0 aliphatic heterocycles. The van der Waals surface area contributed by atoms with Gasteiger partial charge in [0, 0.05) is 28.7 Å². The van der Waals surface area contributed by atoms with Crippen LogP contribution in [-0.2, 0) is 32.1 Å². The molecule has 0 fully saturated rings. The van der Waals surface area contributed by atoms with E-state index in [9.17, 15) is 29.1 Å². The van der Waals surface area contributed by atoms with Crippen molar-refractivity contribution >= 4 is 35.3 Å². The van der Waals surface area contributed by atoms with Gasteiger partial charge < -0.3 is 30.5 Å². The Morgan fingerprint density at radius 3 is 2.11 bits per heavy atom. The van der Waals surface area contributed by atoms with Crippen molar-refractivity contribution in [2.24, 2.45) is 5.41 Å². The van der Waals surface area contributed by atoms with Crippen molar-refractivity contribution in [2.75, 3.05) is 11.9 Å². The summed E-state index contributed by atoms with van der Waals surface area (Å²) in [6.45, 7) is 10.1. The minimum Gasteiger partial charge on any atom is -0.508 e. The number of anilines is 1. The summed E-state index contributed by atoms with van der Waals surface area (Å²) in [5.74, 6) is -2.06. The number of carbonyl (C=O) groups excluding carboxylic acids is 5. The molecule has 11 nitrogen and oxygen atoms in total. The van der Waals surface area contributed by atoms with E-state index in [-0.39, 0.29) is 42.2 Å². The van der Waals surface area contributed by atoms with Crippen LogP contribution in [0.4, 0.5) is 10.5 Å². The lowest BCUT2D eigenvalue weighted by Crippen LogP contribution is -2.47. The zero-order valence-corrected chi connectivity index (χ0v) is 26.9. The van der Waals surface area contributed by atoms with E-state index in [0.29, 0.717) is 11.3 Å². The monoisotopic (exact) mass is 631 g/mol. The Labute approximate surface area is 268 Å². The molecule has 46 heavy (non-hydrogen) atoms. The van der Waals surface area contributed by atoms with E-state index in [0.717, 1.165) is 5.56 Å².